The van der Waals surface area contributed by atoms with E-state index in [0.29, 0.717) is 33.8 Å². The van der Waals surface area contributed by atoms with Gasteiger partial charge in [-0.25, -0.2) is 4.98 Å². The Bertz CT molecular complexity index is 1330. The first-order valence-electron chi connectivity index (χ1n) is 11.2. The molecule has 0 N–H and O–H groups in total. The summed E-state index contributed by atoms with van der Waals surface area (Å²) in [6.07, 6.45) is 0. The number of aromatic nitrogens is 2. The summed E-state index contributed by atoms with van der Waals surface area (Å²) in [7, 11) is 1.60. The summed E-state index contributed by atoms with van der Waals surface area (Å²) in [5, 5.41) is 1.41. The third-order valence-corrected chi connectivity index (χ3v) is 6.57. The van der Waals surface area contributed by atoms with Gasteiger partial charge in [0, 0.05) is 11.9 Å². The zero-order valence-electron chi connectivity index (χ0n) is 19.7. The van der Waals surface area contributed by atoms with Gasteiger partial charge in [0.05, 0.1) is 18.8 Å². The van der Waals surface area contributed by atoms with Crippen LogP contribution in [0.5, 0.6) is 5.75 Å². The highest BCUT2D eigenvalue weighted by Gasteiger charge is 2.31. The summed E-state index contributed by atoms with van der Waals surface area (Å²) in [6.45, 7) is 7.04. The fourth-order valence-electron chi connectivity index (χ4n) is 4.79. The van der Waals surface area contributed by atoms with Crippen LogP contribution >= 0.6 is 12.4 Å². The molecule has 2 atom stereocenters. The SMILES string of the molecule is COc1cccc2c(N3CC(C)c4ccccc4C3C)nc(N(F)c3ccccc3C)nc12.Cl. The van der Waals surface area contributed by atoms with Crippen LogP contribution in [0.2, 0.25) is 0 Å². The number of methoxy groups -OCH3 is 1. The highest BCUT2D eigenvalue weighted by Crippen LogP contribution is 2.42. The fraction of sp³-hybridized carbons (Fsp3) is 0.259. The summed E-state index contributed by atoms with van der Waals surface area (Å²) in [5.41, 5.74) is 4.44. The Balaban J connectivity index is 0.00000274. The molecule has 0 aliphatic carbocycles. The molecule has 0 saturated heterocycles. The van der Waals surface area contributed by atoms with Crippen molar-refractivity contribution in [2.75, 3.05) is 23.7 Å². The zero-order chi connectivity index (χ0) is 23.1. The number of fused-ring (bicyclic) bond motifs is 2. The van der Waals surface area contributed by atoms with Gasteiger partial charge in [0.25, 0.3) is 5.95 Å². The van der Waals surface area contributed by atoms with Crippen LogP contribution in [0, 0.1) is 6.92 Å². The van der Waals surface area contributed by atoms with Crippen molar-refractivity contribution in [2.45, 2.75) is 32.7 Å². The van der Waals surface area contributed by atoms with E-state index in [1.807, 2.05) is 43.3 Å². The van der Waals surface area contributed by atoms with Gasteiger partial charge in [-0.1, -0.05) is 59.9 Å². The highest BCUT2D eigenvalue weighted by molar-refractivity contribution is 5.95. The van der Waals surface area contributed by atoms with Gasteiger partial charge in [0.15, 0.2) is 0 Å². The summed E-state index contributed by atoms with van der Waals surface area (Å²) in [6, 6.07) is 21.6. The second-order valence-electron chi connectivity index (χ2n) is 8.63. The Hall–Kier alpha value is -3.38. The molecule has 1 aliphatic rings. The van der Waals surface area contributed by atoms with E-state index in [9.17, 15) is 0 Å². The molecule has 4 aromatic rings. The molecule has 3 aromatic carbocycles. The Morgan fingerprint density at radius 2 is 1.65 bits per heavy atom. The van der Waals surface area contributed by atoms with E-state index in [1.54, 1.807) is 13.2 Å². The molecule has 176 valence electrons. The first-order valence-corrected chi connectivity index (χ1v) is 11.2. The number of hydrogen-bond acceptors (Lipinski definition) is 5. The summed E-state index contributed by atoms with van der Waals surface area (Å²) in [5.74, 6) is 1.61. The number of anilines is 3. The first-order chi connectivity index (χ1) is 16.0. The Kier molecular flexibility index (Phi) is 6.62. The first kappa shape index (κ1) is 23.8. The molecular formula is C27H28ClFN4O. The number of aryl methyl sites for hydroxylation is 1. The van der Waals surface area contributed by atoms with Gasteiger partial charge in [-0.3, -0.25) is 0 Å². The quantitative estimate of drug-likeness (QED) is 0.293. The van der Waals surface area contributed by atoms with Crippen molar-refractivity contribution in [2.24, 2.45) is 0 Å². The Morgan fingerprint density at radius 1 is 0.941 bits per heavy atom. The van der Waals surface area contributed by atoms with E-state index in [2.05, 4.69) is 48.0 Å². The van der Waals surface area contributed by atoms with Crippen molar-refractivity contribution >= 4 is 40.8 Å². The van der Waals surface area contributed by atoms with Crippen molar-refractivity contribution in [1.29, 1.82) is 0 Å². The lowest BCUT2D eigenvalue weighted by atomic mass is 9.86. The van der Waals surface area contributed by atoms with Crippen molar-refractivity contribution in [3.05, 3.63) is 83.4 Å². The molecule has 0 fully saturated rings. The number of halogens is 2. The molecular weight excluding hydrogens is 451 g/mol. The number of hydrogen-bond donors (Lipinski definition) is 0. The number of ether oxygens (including phenoxy) is 1. The minimum Gasteiger partial charge on any atom is -0.494 e. The monoisotopic (exact) mass is 478 g/mol. The summed E-state index contributed by atoms with van der Waals surface area (Å²) >= 11 is 0. The maximum absolute atomic E-state index is 15.7. The van der Waals surface area contributed by atoms with Crippen LogP contribution in [0.1, 0.15) is 42.5 Å². The molecule has 1 aromatic heterocycles. The molecule has 2 heterocycles. The smallest absolute Gasteiger partial charge is 0.261 e. The number of rotatable bonds is 4. The fourth-order valence-corrected chi connectivity index (χ4v) is 4.79. The van der Waals surface area contributed by atoms with Crippen LogP contribution < -0.4 is 14.8 Å². The minimum absolute atomic E-state index is 0. The molecule has 2 unspecified atom stereocenters. The molecule has 5 nitrogen and oxygen atoms in total. The molecule has 5 rings (SSSR count). The van der Waals surface area contributed by atoms with Gasteiger partial charge in [-0.2, -0.15) is 4.98 Å². The standard InChI is InChI=1S/C27H27FN4O.ClH/c1-17-10-5-8-14-23(17)32(28)27-29-25-22(13-9-15-24(25)33-4)26(30-27)31-16-18(2)20-11-6-7-12-21(20)19(31)3;/h5-15,18-19H,16H2,1-4H3;1H. The number of benzene rings is 3. The van der Waals surface area contributed by atoms with E-state index >= 15 is 4.48 Å². The lowest BCUT2D eigenvalue weighted by molar-refractivity contribution is 0.418. The predicted molar refractivity (Wildman–Crippen MR) is 138 cm³/mol. The molecule has 0 amide bonds. The third-order valence-electron chi connectivity index (χ3n) is 6.57. The van der Waals surface area contributed by atoms with Gasteiger partial charge in [0.2, 0.25) is 0 Å². The highest BCUT2D eigenvalue weighted by atomic mass is 35.5. The van der Waals surface area contributed by atoms with Crippen molar-refractivity contribution in [3.63, 3.8) is 0 Å². The normalized spacial score (nSPS) is 17.1. The maximum atomic E-state index is 15.7. The maximum Gasteiger partial charge on any atom is 0.261 e. The van der Waals surface area contributed by atoms with E-state index in [4.69, 9.17) is 9.72 Å². The van der Waals surface area contributed by atoms with Crippen molar-refractivity contribution in [3.8, 4) is 5.75 Å². The predicted octanol–water partition coefficient (Wildman–Crippen LogP) is 7.08. The van der Waals surface area contributed by atoms with Crippen molar-refractivity contribution in [1.82, 2.24) is 9.97 Å². The zero-order valence-corrected chi connectivity index (χ0v) is 20.5. The van der Waals surface area contributed by atoms with E-state index in [1.165, 1.54) is 11.1 Å². The molecule has 1 aliphatic heterocycles. The molecule has 0 spiro atoms. The van der Waals surface area contributed by atoms with Crippen LogP contribution in [-0.4, -0.2) is 23.6 Å². The summed E-state index contributed by atoms with van der Waals surface area (Å²) in [4.78, 5) is 11.6. The number of nitrogens with zero attached hydrogens (tertiary/aromatic N) is 4. The van der Waals surface area contributed by atoms with Gasteiger partial charge in [-0.05, 0) is 54.7 Å². The van der Waals surface area contributed by atoms with Crippen LogP contribution in [0.3, 0.4) is 0 Å². The van der Waals surface area contributed by atoms with Gasteiger partial charge >= 0.3 is 0 Å². The van der Waals surface area contributed by atoms with Crippen LogP contribution in [0.15, 0.2) is 66.7 Å². The van der Waals surface area contributed by atoms with Gasteiger partial charge < -0.3 is 9.64 Å². The Morgan fingerprint density at radius 3 is 2.38 bits per heavy atom. The van der Waals surface area contributed by atoms with Gasteiger partial charge in [0.1, 0.15) is 17.1 Å². The van der Waals surface area contributed by atoms with E-state index in [-0.39, 0.29) is 24.4 Å². The van der Waals surface area contributed by atoms with Crippen LogP contribution in [0.4, 0.5) is 21.9 Å². The number of para-hydroxylation sites is 2. The average molecular weight is 479 g/mol. The Labute approximate surface area is 205 Å². The summed E-state index contributed by atoms with van der Waals surface area (Å²) < 4.78 is 21.3. The lowest BCUT2D eigenvalue weighted by Gasteiger charge is -2.40. The lowest BCUT2D eigenvalue weighted by Crippen LogP contribution is -2.36. The molecule has 34 heavy (non-hydrogen) atoms. The minimum atomic E-state index is -0.00462. The van der Waals surface area contributed by atoms with E-state index in [0.717, 1.165) is 17.5 Å². The van der Waals surface area contributed by atoms with E-state index < -0.39 is 0 Å². The van der Waals surface area contributed by atoms with Crippen LogP contribution in [-0.2, 0) is 0 Å². The average Bonchev–Trinajstić information content (AvgIpc) is 2.85. The molecule has 0 saturated carbocycles. The van der Waals surface area contributed by atoms with Crippen LogP contribution in [0.25, 0.3) is 10.9 Å². The third kappa shape index (κ3) is 3.92. The second-order valence-corrected chi connectivity index (χ2v) is 8.63. The van der Waals surface area contributed by atoms with Crippen molar-refractivity contribution < 1.29 is 9.22 Å². The molecule has 0 bridgehead atoms. The van der Waals surface area contributed by atoms with Gasteiger partial charge in [-0.15, -0.1) is 17.5 Å². The second kappa shape index (κ2) is 9.47. The largest absolute Gasteiger partial charge is 0.494 e. The topological polar surface area (TPSA) is 41.5 Å². The molecule has 7 heteroatoms. The molecule has 0 radical (unpaired) electrons.